The SMILES string of the molecule is CCC1CCCC(OCC(=O)c2ccn(C)c2)C1. The van der Waals surface area contributed by atoms with Gasteiger partial charge in [-0.25, -0.2) is 0 Å². The van der Waals surface area contributed by atoms with Crippen molar-refractivity contribution in [1.29, 1.82) is 0 Å². The van der Waals surface area contributed by atoms with E-state index in [1.54, 1.807) is 0 Å². The number of carbonyl (C=O) groups excluding carboxylic acids is 1. The molecule has 1 fully saturated rings. The maximum absolute atomic E-state index is 11.9. The molecule has 2 rings (SSSR count). The predicted molar refractivity (Wildman–Crippen MR) is 71.7 cm³/mol. The Morgan fingerprint density at radius 1 is 1.50 bits per heavy atom. The minimum Gasteiger partial charge on any atom is -0.370 e. The van der Waals surface area contributed by atoms with E-state index in [-0.39, 0.29) is 18.5 Å². The number of aromatic nitrogens is 1. The van der Waals surface area contributed by atoms with E-state index in [9.17, 15) is 4.79 Å². The van der Waals surface area contributed by atoms with E-state index in [2.05, 4.69) is 6.92 Å². The lowest BCUT2D eigenvalue weighted by atomic mass is 9.85. The van der Waals surface area contributed by atoms with Crippen LogP contribution < -0.4 is 0 Å². The van der Waals surface area contributed by atoms with Crippen LogP contribution in [0.4, 0.5) is 0 Å². The molecule has 0 radical (unpaired) electrons. The molecule has 100 valence electrons. The highest BCUT2D eigenvalue weighted by Crippen LogP contribution is 2.28. The van der Waals surface area contributed by atoms with Gasteiger partial charge < -0.3 is 9.30 Å². The molecular formula is C15H23NO2. The van der Waals surface area contributed by atoms with E-state index in [1.807, 2.05) is 30.1 Å². The third-order valence-corrected chi connectivity index (χ3v) is 3.92. The van der Waals surface area contributed by atoms with Gasteiger partial charge >= 0.3 is 0 Å². The summed E-state index contributed by atoms with van der Waals surface area (Å²) in [6.07, 6.45) is 10.0. The monoisotopic (exact) mass is 249 g/mol. The summed E-state index contributed by atoms with van der Waals surface area (Å²) >= 11 is 0. The standard InChI is InChI=1S/C15H23NO2/c1-3-12-5-4-6-14(9-12)18-11-15(17)13-7-8-16(2)10-13/h7-8,10,12,14H,3-6,9,11H2,1-2H3. The van der Waals surface area contributed by atoms with Crippen molar-refractivity contribution in [3.63, 3.8) is 0 Å². The number of carbonyl (C=O) groups is 1. The quantitative estimate of drug-likeness (QED) is 0.750. The molecule has 0 aromatic carbocycles. The molecule has 18 heavy (non-hydrogen) atoms. The summed E-state index contributed by atoms with van der Waals surface area (Å²) in [5.41, 5.74) is 0.750. The fourth-order valence-corrected chi connectivity index (χ4v) is 2.71. The van der Waals surface area contributed by atoms with E-state index in [1.165, 1.54) is 19.3 Å². The molecule has 1 heterocycles. The van der Waals surface area contributed by atoms with Crippen molar-refractivity contribution in [1.82, 2.24) is 4.57 Å². The molecule has 3 heteroatoms. The van der Waals surface area contributed by atoms with E-state index in [0.29, 0.717) is 0 Å². The van der Waals surface area contributed by atoms with Gasteiger partial charge in [-0.15, -0.1) is 0 Å². The van der Waals surface area contributed by atoms with E-state index in [0.717, 1.165) is 24.3 Å². The van der Waals surface area contributed by atoms with Crippen molar-refractivity contribution in [2.75, 3.05) is 6.61 Å². The van der Waals surface area contributed by atoms with Crippen LogP contribution in [0.5, 0.6) is 0 Å². The second kappa shape index (κ2) is 6.19. The number of ketones is 1. The van der Waals surface area contributed by atoms with Gasteiger partial charge in [-0.1, -0.05) is 26.2 Å². The van der Waals surface area contributed by atoms with Crippen molar-refractivity contribution in [2.45, 2.75) is 45.1 Å². The van der Waals surface area contributed by atoms with Crippen LogP contribution in [0, 0.1) is 5.92 Å². The molecule has 0 bridgehead atoms. The minimum absolute atomic E-state index is 0.0919. The fourth-order valence-electron chi connectivity index (χ4n) is 2.71. The molecule has 0 amide bonds. The number of hydrogen-bond donors (Lipinski definition) is 0. The van der Waals surface area contributed by atoms with Crippen molar-refractivity contribution in [3.8, 4) is 0 Å². The third-order valence-electron chi connectivity index (χ3n) is 3.92. The van der Waals surface area contributed by atoms with Gasteiger partial charge in [-0.2, -0.15) is 0 Å². The van der Waals surface area contributed by atoms with Crippen LogP contribution in [0.15, 0.2) is 18.5 Å². The highest BCUT2D eigenvalue weighted by molar-refractivity contribution is 5.96. The van der Waals surface area contributed by atoms with Crippen molar-refractivity contribution in [3.05, 3.63) is 24.0 Å². The number of ether oxygens (including phenoxy) is 1. The summed E-state index contributed by atoms with van der Waals surface area (Å²) in [6, 6.07) is 1.85. The first-order valence-corrected chi connectivity index (χ1v) is 6.95. The molecule has 2 unspecified atom stereocenters. The van der Waals surface area contributed by atoms with Crippen LogP contribution >= 0.6 is 0 Å². The molecule has 2 atom stereocenters. The lowest BCUT2D eigenvalue weighted by molar-refractivity contribution is 0.0156. The summed E-state index contributed by atoms with van der Waals surface area (Å²) in [5, 5.41) is 0. The molecule has 1 aliphatic carbocycles. The van der Waals surface area contributed by atoms with Gasteiger partial charge in [0.2, 0.25) is 0 Å². The number of nitrogens with zero attached hydrogens (tertiary/aromatic N) is 1. The largest absolute Gasteiger partial charge is 0.370 e. The number of Topliss-reactive ketones (excluding diaryl/α,β-unsaturated/α-hetero) is 1. The Labute approximate surface area is 109 Å². The smallest absolute Gasteiger partial charge is 0.189 e. The summed E-state index contributed by atoms with van der Waals surface area (Å²) in [7, 11) is 1.92. The minimum atomic E-state index is 0.0919. The van der Waals surface area contributed by atoms with Gasteiger partial charge in [0.05, 0.1) is 6.10 Å². The molecule has 0 saturated heterocycles. The van der Waals surface area contributed by atoms with Gasteiger partial charge in [0.1, 0.15) is 6.61 Å². The first kappa shape index (κ1) is 13.3. The predicted octanol–water partition coefficient (Wildman–Crippen LogP) is 3.19. The number of hydrogen-bond acceptors (Lipinski definition) is 2. The lowest BCUT2D eigenvalue weighted by Crippen LogP contribution is -2.25. The van der Waals surface area contributed by atoms with Gasteiger partial charge in [0.15, 0.2) is 5.78 Å². The fraction of sp³-hybridized carbons (Fsp3) is 0.667. The number of rotatable bonds is 5. The molecule has 1 aromatic rings. The Kier molecular flexibility index (Phi) is 4.59. The zero-order valence-electron chi connectivity index (χ0n) is 11.4. The Balaban J connectivity index is 1.79. The molecule has 3 nitrogen and oxygen atoms in total. The van der Waals surface area contributed by atoms with Crippen LogP contribution in [0.1, 0.15) is 49.4 Å². The Morgan fingerprint density at radius 2 is 2.33 bits per heavy atom. The second-order valence-corrected chi connectivity index (χ2v) is 5.36. The molecule has 0 N–H and O–H groups in total. The first-order chi connectivity index (χ1) is 8.69. The maximum atomic E-state index is 11.9. The molecule has 1 aliphatic rings. The average Bonchev–Trinajstić information content (AvgIpc) is 2.83. The van der Waals surface area contributed by atoms with Crippen molar-refractivity contribution >= 4 is 5.78 Å². The zero-order valence-corrected chi connectivity index (χ0v) is 11.4. The Morgan fingerprint density at radius 3 is 3.00 bits per heavy atom. The molecule has 0 aliphatic heterocycles. The topological polar surface area (TPSA) is 31.2 Å². The molecule has 0 spiro atoms. The summed E-state index contributed by atoms with van der Waals surface area (Å²) < 4.78 is 7.67. The maximum Gasteiger partial charge on any atom is 0.189 e. The third kappa shape index (κ3) is 3.45. The summed E-state index contributed by atoms with van der Waals surface area (Å²) in [4.78, 5) is 11.9. The summed E-state index contributed by atoms with van der Waals surface area (Å²) in [5.74, 6) is 0.879. The van der Waals surface area contributed by atoms with Gasteiger partial charge in [-0.3, -0.25) is 4.79 Å². The summed E-state index contributed by atoms with van der Waals surface area (Å²) in [6.45, 7) is 2.47. The second-order valence-electron chi connectivity index (χ2n) is 5.36. The van der Waals surface area contributed by atoms with Crippen LogP contribution in [0.2, 0.25) is 0 Å². The van der Waals surface area contributed by atoms with E-state index >= 15 is 0 Å². The Bertz CT molecular complexity index is 397. The zero-order chi connectivity index (χ0) is 13.0. The van der Waals surface area contributed by atoms with E-state index in [4.69, 9.17) is 4.74 Å². The van der Waals surface area contributed by atoms with E-state index < -0.39 is 0 Å². The van der Waals surface area contributed by atoms with Crippen LogP contribution in [0.3, 0.4) is 0 Å². The highest BCUT2D eigenvalue weighted by Gasteiger charge is 2.22. The van der Waals surface area contributed by atoms with Crippen molar-refractivity contribution < 1.29 is 9.53 Å². The van der Waals surface area contributed by atoms with Crippen molar-refractivity contribution in [2.24, 2.45) is 13.0 Å². The van der Waals surface area contributed by atoms with Crippen LogP contribution in [-0.2, 0) is 11.8 Å². The Hall–Kier alpha value is -1.09. The lowest BCUT2D eigenvalue weighted by Gasteiger charge is -2.28. The highest BCUT2D eigenvalue weighted by atomic mass is 16.5. The van der Waals surface area contributed by atoms with Crippen LogP contribution in [-0.4, -0.2) is 23.1 Å². The molecule has 1 saturated carbocycles. The van der Waals surface area contributed by atoms with Gasteiger partial charge in [0, 0.05) is 25.0 Å². The molecule has 1 aromatic heterocycles. The average molecular weight is 249 g/mol. The first-order valence-electron chi connectivity index (χ1n) is 6.95. The van der Waals surface area contributed by atoms with Gasteiger partial charge in [0.25, 0.3) is 0 Å². The number of aryl methyl sites for hydroxylation is 1. The van der Waals surface area contributed by atoms with Crippen LogP contribution in [0.25, 0.3) is 0 Å². The van der Waals surface area contributed by atoms with Gasteiger partial charge in [-0.05, 0) is 24.8 Å². The molecular weight excluding hydrogens is 226 g/mol. The normalized spacial score (nSPS) is 24.1.